The van der Waals surface area contributed by atoms with Crippen LogP contribution in [0.5, 0.6) is 5.75 Å². The van der Waals surface area contributed by atoms with Gasteiger partial charge in [0.05, 0.1) is 19.6 Å². The van der Waals surface area contributed by atoms with E-state index in [0.717, 1.165) is 0 Å². The zero-order valence-electron chi connectivity index (χ0n) is 19.7. The molecule has 0 bridgehead atoms. The van der Waals surface area contributed by atoms with E-state index in [1.807, 2.05) is 0 Å². The molecule has 2 atom stereocenters. The zero-order chi connectivity index (χ0) is 25.9. The number of carbonyl (C=O) groups excluding carboxylic acids is 4. The number of terminal acetylenes is 1. The monoisotopic (exact) mass is 477 g/mol. The Labute approximate surface area is 198 Å². The maximum absolute atomic E-state index is 13.1. The number of hydrogen-bond donors (Lipinski definition) is 4. The van der Waals surface area contributed by atoms with E-state index in [1.54, 1.807) is 27.7 Å². The molecule has 11 nitrogen and oxygen atoms in total. The summed E-state index contributed by atoms with van der Waals surface area (Å²) in [4.78, 5) is 50.5. The van der Waals surface area contributed by atoms with E-state index in [9.17, 15) is 29.4 Å². The topological polar surface area (TPSA) is 154 Å². The van der Waals surface area contributed by atoms with Crippen LogP contribution in [-0.2, 0) is 23.9 Å². The summed E-state index contributed by atoms with van der Waals surface area (Å²) in [6.07, 6.45) is 4.48. The molecule has 0 fully saturated rings. The molecule has 0 saturated heterocycles. The van der Waals surface area contributed by atoms with Crippen LogP contribution in [0.15, 0.2) is 24.3 Å². The van der Waals surface area contributed by atoms with Crippen molar-refractivity contribution >= 4 is 23.9 Å². The van der Waals surface area contributed by atoms with E-state index in [1.165, 1.54) is 24.3 Å². The lowest BCUT2D eigenvalue weighted by molar-refractivity contribution is -0.143. The third-order valence-electron chi connectivity index (χ3n) is 4.20. The van der Waals surface area contributed by atoms with Crippen LogP contribution < -0.4 is 10.6 Å². The highest BCUT2D eigenvalue weighted by Crippen LogP contribution is 2.24. The van der Waals surface area contributed by atoms with Crippen LogP contribution in [0.2, 0.25) is 0 Å². The molecule has 186 valence electrons. The molecule has 34 heavy (non-hydrogen) atoms. The summed E-state index contributed by atoms with van der Waals surface area (Å²) in [6, 6.07) is 4.60. The van der Waals surface area contributed by atoms with Gasteiger partial charge in [0.25, 0.3) is 5.91 Å². The molecular formula is C23H31N3O8. The lowest BCUT2D eigenvalue weighted by atomic mass is 10.0. The first-order valence-corrected chi connectivity index (χ1v) is 10.5. The number of ether oxygens (including phenoxy) is 2. The van der Waals surface area contributed by atoms with Gasteiger partial charge in [-0.1, -0.05) is 18.6 Å². The number of hydrogen-bond acceptors (Lipinski definition) is 8. The number of carbonyl (C=O) groups is 4. The third-order valence-corrected chi connectivity index (χ3v) is 4.20. The number of aliphatic hydroxyl groups is 1. The van der Waals surface area contributed by atoms with Crippen LogP contribution in [0.3, 0.4) is 0 Å². The van der Waals surface area contributed by atoms with Crippen LogP contribution in [0, 0.1) is 12.5 Å². The SMILES string of the molecule is C#CN(C(=O)C(CO)NC(=O)OC(C)(C)C)C(C(=O)NCCC(=O)OCC)c1ccc(O)cc1. The number of phenolic OH excluding ortho intramolecular Hbond substituents is 1. The summed E-state index contributed by atoms with van der Waals surface area (Å²) in [6.45, 7) is 5.81. The second-order valence-electron chi connectivity index (χ2n) is 8.06. The Kier molecular flexibility index (Phi) is 10.8. The Balaban J connectivity index is 3.15. The molecule has 3 amide bonds. The highest BCUT2D eigenvalue weighted by atomic mass is 16.6. The molecule has 1 aromatic rings. The third kappa shape index (κ3) is 8.99. The molecule has 0 aliphatic carbocycles. The summed E-state index contributed by atoms with van der Waals surface area (Å²) < 4.78 is 9.91. The number of amides is 3. The minimum absolute atomic E-state index is 0.0800. The van der Waals surface area contributed by atoms with Crippen molar-refractivity contribution in [2.24, 2.45) is 0 Å². The van der Waals surface area contributed by atoms with E-state index in [-0.39, 0.29) is 30.9 Å². The maximum atomic E-state index is 13.1. The fourth-order valence-corrected chi connectivity index (χ4v) is 2.76. The molecule has 0 radical (unpaired) electrons. The summed E-state index contributed by atoms with van der Waals surface area (Å²) in [7, 11) is 0. The number of phenols is 1. The smallest absolute Gasteiger partial charge is 0.408 e. The van der Waals surface area contributed by atoms with Gasteiger partial charge in [0.2, 0.25) is 5.91 Å². The summed E-state index contributed by atoms with van der Waals surface area (Å²) in [5.41, 5.74) is -0.613. The standard InChI is InChI=1S/C23H31N3O8/c1-6-26(21(31)17(14-27)25-22(32)34-23(3,4)5)19(15-8-10-16(28)11-9-15)20(30)24-13-12-18(29)33-7-2/h1,8-11,17,19,27-28H,7,12-14H2,2-5H3,(H,24,30)(H,25,32). The molecule has 0 spiro atoms. The van der Waals surface area contributed by atoms with Crippen molar-refractivity contribution in [3.63, 3.8) is 0 Å². The number of benzene rings is 1. The van der Waals surface area contributed by atoms with Crippen LogP contribution in [0.1, 0.15) is 45.7 Å². The van der Waals surface area contributed by atoms with Crippen molar-refractivity contribution < 1.29 is 38.9 Å². The van der Waals surface area contributed by atoms with Crippen molar-refractivity contribution in [3.05, 3.63) is 29.8 Å². The number of alkyl carbamates (subject to hydrolysis) is 1. The summed E-state index contributed by atoms with van der Waals surface area (Å²) in [5, 5.41) is 24.0. The first-order valence-electron chi connectivity index (χ1n) is 10.5. The molecule has 11 heteroatoms. The predicted molar refractivity (Wildman–Crippen MR) is 121 cm³/mol. The molecule has 0 aromatic heterocycles. The van der Waals surface area contributed by atoms with Crippen molar-refractivity contribution in [3.8, 4) is 18.2 Å². The molecule has 4 N–H and O–H groups in total. The van der Waals surface area contributed by atoms with E-state index in [2.05, 4.69) is 16.7 Å². The predicted octanol–water partition coefficient (Wildman–Crippen LogP) is 0.808. The van der Waals surface area contributed by atoms with Crippen LogP contribution in [-0.4, -0.2) is 70.4 Å². The van der Waals surface area contributed by atoms with Gasteiger partial charge in [-0.25, -0.2) is 4.79 Å². The van der Waals surface area contributed by atoms with Crippen molar-refractivity contribution in [1.82, 2.24) is 15.5 Å². The number of nitrogens with one attached hydrogen (secondary N) is 2. The number of rotatable bonds is 10. The van der Waals surface area contributed by atoms with E-state index >= 15 is 0 Å². The van der Waals surface area contributed by atoms with Crippen LogP contribution in [0.4, 0.5) is 4.79 Å². The van der Waals surface area contributed by atoms with Crippen molar-refractivity contribution in [2.45, 2.75) is 51.8 Å². The van der Waals surface area contributed by atoms with Gasteiger partial charge in [-0.15, -0.1) is 0 Å². The fraction of sp³-hybridized carbons (Fsp3) is 0.478. The Morgan fingerprint density at radius 1 is 1.18 bits per heavy atom. The van der Waals surface area contributed by atoms with Gasteiger partial charge in [-0.2, -0.15) is 0 Å². The van der Waals surface area contributed by atoms with Gasteiger partial charge in [0, 0.05) is 12.6 Å². The fourth-order valence-electron chi connectivity index (χ4n) is 2.76. The number of aromatic hydroxyl groups is 1. The Bertz CT molecular complexity index is 902. The molecule has 0 aliphatic rings. The average Bonchev–Trinajstić information content (AvgIpc) is 2.75. The van der Waals surface area contributed by atoms with E-state index in [0.29, 0.717) is 4.90 Å². The number of aliphatic hydroxyl groups excluding tert-OH is 1. The van der Waals surface area contributed by atoms with E-state index in [4.69, 9.17) is 15.9 Å². The Hall–Kier alpha value is -3.78. The second kappa shape index (κ2) is 13.1. The molecule has 0 heterocycles. The number of nitrogens with zero attached hydrogens (tertiary/aromatic N) is 1. The molecule has 0 saturated carbocycles. The minimum Gasteiger partial charge on any atom is -0.508 e. The molecule has 1 aromatic carbocycles. The van der Waals surface area contributed by atoms with Gasteiger partial charge in [-0.05, 0) is 45.4 Å². The van der Waals surface area contributed by atoms with Gasteiger partial charge in [0.1, 0.15) is 23.4 Å². The normalized spacial score (nSPS) is 12.5. The van der Waals surface area contributed by atoms with Gasteiger partial charge < -0.3 is 30.3 Å². The van der Waals surface area contributed by atoms with Crippen LogP contribution >= 0.6 is 0 Å². The molecule has 2 unspecified atom stereocenters. The highest BCUT2D eigenvalue weighted by Gasteiger charge is 2.35. The van der Waals surface area contributed by atoms with Crippen molar-refractivity contribution in [2.75, 3.05) is 19.8 Å². The minimum atomic E-state index is -1.50. The molecule has 0 aliphatic heterocycles. The van der Waals surface area contributed by atoms with Gasteiger partial charge in [0.15, 0.2) is 0 Å². The first-order chi connectivity index (χ1) is 15.9. The average molecular weight is 478 g/mol. The van der Waals surface area contributed by atoms with Crippen LogP contribution in [0.25, 0.3) is 0 Å². The van der Waals surface area contributed by atoms with E-state index < -0.39 is 48.2 Å². The maximum Gasteiger partial charge on any atom is 0.408 e. The largest absolute Gasteiger partial charge is 0.508 e. The summed E-state index contributed by atoms with van der Waals surface area (Å²) >= 11 is 0. The quantitative estimate of drug-likeness (QED) is 0.219. The Morgan fingerprint density at radius 2 is 1.79 bits per heavy atom. The lowest BCUT2D eigenvalue weighted by Crippen LogP contribution is -2.53. The first kappa shape index (κ1) is 28.3. The molecule has 1 rings (SSSR count). The number of esters is 1. The molecular weight excluding hydrogens is 446 g/mol. The van der Waals surface area contributed by atoms with Crippen molar-refractivity contribution in [1.29, 1.82) is 0 Å². The lowest BCUT2D eigenvalue weighted by Gasteiger charge is -2.29. The Morgan fingerprint density at radius 3 is 2.29 bits per heavy atom. The van der Waals surface area contributed by atoms with Gasteiger partial charge in [-0.3, -0.25) is 19.3 Å². The zero-order valence-corrected chi connectivity index (χ0v) is 19.7. The highest BCUT2D eigenvalue weighted by molar-refractivity contribution is 5.93. The second-order valence-corrected chi connectivity index (χ2v) is 8.06. The summed E-state index contributed by atoms with van der Waals surface area (Å²) in [5.74, 6) is -2.27. The van der Waals surface area contributed by atoms with Gasteiger partial charge >= 0.3 is 12.1 Å².